The quantitative estimate of drug-likeness (QED) is 0.852. The van der Waals surface area contributed by atoms with Crippen molar-refractivity contribution in [3.05, 3.63) is 35.5 Å². The maximum Gasteiger partial charge on any atom is 0.168 e. The summed E-state index contributed by atoms with van der Waals surface area (Å²) in [6, 6.07) is 6.02. The molecule has 1 aliphatic rings. The van der Waals surface area contributed by atoms with Gasteiger partial charge in [0.1, 0.15) is 0 Å². The Balaban J connectivity index is 2.35. The minimum atomic E-state index is 0.721. The van der Waals surface area contributed by atoms with Crippen LogP contribution in [-0.2, 0) is 6.54 Å². The monoisotopic (exact) mass is 270 g/mol. The third-order valence-corrected chi connectivity index (χ3v) is 3.74. The number of benzene rings is 2. The van der Waals surface area contributed by atoms with Crippen molar-refractivity contribution < 1.29 is 9.47 Å². The van der Waals surface area contributed by atoms with Crippen LogP contribution in [0.1, 0.15) is 11.1 Å². The van der Waals surface area contributed by atoms with E-state index in [0.29, 0.717) is 0 Å². The number of anilines is 1. The number of methoxy groups -OCH3 is 2. The van der Waals surface area contributed by atoms with Crippen LogP contribution in [0.3, 0.4) is 0 Å². The van der Waals surface area contributed by atoms with Crippen LogP contribution in [0.25, 0.3) is 16.8 Å². The van der Waals surface area contributed by atoms with Gasteiger partial charge in [0.05, 0.1) is 14.2 Å². The molecule has 0 unspecified atom stereocenters. The van der Waals surface area contributed by atoms with Crippen molar-refractivity contribution in [1.82, 2.24) is 4.90 Å². The molecule has 4 heteroatoms. The van der Waals surface area contributed by atoms with Gasteiger partial charge in [0, 0.05) is 35.6 Å². The topological polar surface area (TPSA) is 47.7 Å². The standard InChI is InChI=1S/C16H18N2O2/c1-18-7-6-11-10(9-18)8-13-12(15(11)17)4-5-14(19-2)16(13)20-3/h4-8H,9,17H2,1-3H3. The Labute approximate surface area is 118 Å². The van der Waals surface area contributed by atoms with Gasteiger partial charge in [-0.1, -0.05) is 0 Å². The maximum atomic E-state index is 6.33. The van der Waals surface area contributed by atoms with Gasteiger partial charge >= 0.3 is 0 Å². The molecule has 2 aromatic rings. The summed E-state index contributed by atoms with van der Waals surface area (Å²) in [5, 5.41) is 1.99. The summed E-state index contributed by atoms with van der Waals surface area (Å²) in [7, 11) is 5.34. The number of fused-ring (bicyclic) bond motifs is 2. The molecule has 0 fully saturated rings. The van der Waals surface area contributed by atoms with E-state index in [4.69, 9.17) is 15.2 Å². The molecule has 0 bridgehead atoms. The van der Waals surface area contributed by atoms with Crippen molar-refractivity contribution in [2.24, 2.45) is 0 Å². The molecule has 3 rings (SSSR count). The second-order valence-electron chi connectivity index (χ2n) is 4.99. The molecular weight excluding hydrogens is 252 g/mol. The van der Waals surface area contributed by atoms with E-state index in [0.717, 1.165) is 40.1 Å². The summed E-state index contributed by atoms with van der Waals surface area (Å²) in [6.45, 7) is 0.840. The van der Waals surface area contributed by atoms with Gasteiger partial charge in [0.25, 0.3) is 0 Å². The average Bonchev–Trinajstić information content (AvgIpc) is 2.45. The van der Waals surface area contributed by atoms with Gasteiger partial charge in [-0.3, -0.25) is 0 Å². The summed E-state index contributed by atoms with van der Waals surface area (Å²) >= 11 is 0. The average molecular weight is 270 g/mol. The van der Waals surface area contributed by atoms with Crippen LogP contribution in [0.2, 0.25) is 0 Å². The van der Waals surface area contributed by atoms with E-state index in [-0.39, 0.29) is 0 Å². The molecule has 0 saturated heterocycles. The minimum absolute atomic E-state index is 0.721. The lowest BCUT2D eigenvalue weighted by molar-refractivity contribution is 0.358. The van der Waals surface area contributed by atoms with Crippen LogP contribution >= 0.6 is 0 Å². The highest BCUT2D eigenvalue weighted by Gasteiger charge is 2.17. The second-order valence-corrected chi connectivity index (χ2v) is 4.99. The maximum absolute atomic E-state index is 6.33. The van der Waals surface area contributed by atoms with Crippen LogP contribution in [0.4, 0.5) is 5.69 Å². The number of nitrogen functional groups attached to an aromatic ring is 1. The zero-order valence-electron chi connectivity index (χ0n) is 11.9. The lowest BCUT2D eigenvalue weighted by Crippen LogP contribution is -2.15. The minimum Gasteiger partial charge on any atom is -0.493 e. The van der Waals surface area contributed by atoms with Crippen molar-refractivity contribution in [3.8, 4) is 11.5 Å². The lowest BCUT2D eigenvalue weighted by Gasteiger charge is -2.23. The molecule has 0 spiro atoms. The summed E-state index contributed by atoms with van der Waals surface area (Å²) < 4.78 is 10.9. The van der Waals surface area contributed by atoms with Crippen molar-refractivity contribution in [2.75, 3.05) is 27.0 Å². The number of nitrogens with zero attached hydrogens (tertiary/aromatic N) is 1. The second kappa shape index (κ2) is 4.63. The van der Waals surface area contributed by atoms with E-state index >= 15 is 0 Å². The van der Waals surface area contributed by atoms with Crippen LogP contribution in [0.15, 0.2) is 24.4 Å². The first-order chi connectivity index (χ1) is 9.65. The molecule has 0 aromatic heterocycles. The number of hydrogen-bond acceptors (Lipinski definition) is 4. The highest BCUT2D eigenvalue weighted by atomic mass is 16.5. The van der Waals surface area contributed by atoms with Crippen LogP contribution in [-0.4, -0.2) is 26.2 Å². The Kier molecular flexibility index (Phi) is 2.93. The molecular formula is C16H18N2O2. The number of nitrogens with two attached hydrogens (primary N) is 1. The molecule has 0 saturated carbocycles. The Morgan fingerprint density at radius 3 is 2.65 bits per heavy atom. The third-order valence-electron chi connectivity index (χ3n) is 3.74. The largest absolute Gasteiger partial charge is 0.493 e. The molecule has 0 amide bonds. The van der Waals surface area contributed by atoms with Gasteiger partial charge in [-0.05, 0) is 36.0 Å². The first-order valence-corrected chi connectivity index (χ1v) is 6.50. The highest BCUT2D eigenvalue weighted by molar-refractivity contribution is 6.02. The van der Waals surface area contributed by atoms with Gasteiger partial charge in [0.2, 0.25) is 0 Å². The van der Waals surface area contributed by atoms with Gasteiger partial charge in [-0.15, -0.1) is 0 Å². The molecule has 2 aromatic carbocycles. The van der Waals surface area contributed by atoms with E-state index in [1.54, 1.807) is 14.2 Å². The van der Waals surface area contributed by atoms with Gasteiger partial charge in [-0.25, -0.2) is 0 Å². The first-order valence-electron chi connectivity index (χ1n) is 6.50. The zero-order valence-corrected chi connectivity index (χ0v) is 11.9. The fraction of sp³-hybridized carbons (Fsp3) is 0.250. The predicted molar refractivity (Wildman–Crippen MR) is 82.0 cm³/mol. The lowest BCUT2D eigenvalue weighted by atomic mass is 9.95. The summed E-state index contributed by atoms with van der Waals surface area (Å²) in [4.78, 5) is 2.13. The zero-order chi connectivity index (χ0) is 14.3. The molecule has 1 heterocycles. The van der Waals surface area contributed by atoms with E-state index in [1.165, 1.54) is 5.56 Å². The number of hydrogen-bond donors (Lipinski definition) is 1. The van der Waals surface area contributed by atoms with Crippen molar-refractivity contribution in [1.29, 1.82) is 0 Å². The van der Waals surface area contributed by atoms with E-state index < -0.39 is 0 Å². The number of ether oxygens (including phenoxy) is 2. The highest BCUT2D eigenvalue weighted by Crippen LogP contribution is 2.41. The Hall–Kier alpha value is -2.36. The SMILES string of the molecule is COc1ccc2c(N)c3c(cc2c1OC)CN(C)C=C3. The molecule has 104 valence electrons. The molecule has 0 radical (unpaired) electrons. The third kappa shape index (κ3) is 1.76. The molecule has 1 aliphatic heterocycles. The van der Waals surface area contributed by atoms with E-state index in [9.17, 15) is 0 Å². The summed E-state index contributed by atoms with van der Waals surface area (Å²) in [5.74, 6) is 1.45. The molecule has 4 nitrogen and oxygen atoms in total. The van der Waals surface area contributed by atoms with Crippen LogP contribution < -0.4 is 15.2 Å². The van der Waals surface area contributed by atoms with Gasteiger partial charge in [-0.2, -0.15) is 0 Å². The Morgan fingerprint density at radius 2 is 1.95 bits per heavy atom. The molecule has 0 aliphatic carbocycles. The summed E-state index contributed by atoms with van der Waals surface area (Å²) in [5.41, 5.74) is 9.43. The molecule has 2 N–H and O–H groups in total. The fourth-order valence-corrected chi connectivity index (χ4v) is 2.75. The summed E-state index contributed by atoms with van der Waals surface area (Å²) in [6.07, 6.45) is 4.11. The first kappa shape index (κ1) is 12.7. The Bertz CT molecular complexity index is 707. The fourth-order valence-electron chi connectivity index (χ4n) is 2.75. The van der Waals surface area contributed by atoms with E-state index in [1.807, 2.05) is 25.4 Å². The molecule has 0 atom stereocenters. The van der Waals surface area contributed by atoms with E-state index in [2.05, 4.69) is 17.0 Å². The smallest absolute Gasteiger partial charge is 0.168 e. The Morgan fingerprint density at radius 1 is 1.15 bits per heavy atom. The van der Waals surface area contributed by atoms with Crippen molar-refractivity contribution in [3.63, 3.8) is 0 Å². The van der Waals surface area contributed by atoms with Gasteiger partial charge < -0.3 is 20.1 Å². The van der Waals surface area contributed by atoms with Crippen LogP contribution in [0.5, 0.6) is 11.5 Å². The predicted octanol–water partition coefficient (Wildman–Crippen LogP) is 2.86. The molecule has 20 heavy (non-hydrogen) atoms. The number of rotatable bonds is 2. The normalized spacial score (nSPS) is 13.4. The van der Waals surface area contributed by atoms with Crippen LogP contribution in [0, 0.1) is 0 Å². The van der Waals surface area contributed by atoms with Gasteiger partial charge in [0.15, 0.2) is 11.5 Å². The van der Waals surface area contributed by atoms with Crippen molar-refractivity contribution in [2.45, 2.75) is 6.54 Å². The van der Waals surface area contributed by atoms with Crippen molar-refractivity contribution >= 4 is 22.5 Å².